The first-order chi connectivity index (χ1) is 9.56. The van der Waals surface area contributed by atoms with Crippen molar-refractivity contribution in [2.75, 3.05) is 6.61 Å². The summed E-state index contributed by atoms with van der Waals surface area (Å²) in [5.41, 5.74) is 1.93. The van der Waals surface area contributed by atoms with E-state index in [0.717, 1.165) is 36.8 Å². The maximum Gasteiger partial charge on any atom is 0.379 e. The van der Waals surface area contributed by atoms with Crippen molar-refractivity contribution in [3.05, 3.63) is 27.2 Å². The number of phenols is 1. The first-order valence-electron chi connectivity index (χ1n) is 6.81. The highest BCUT2D eigenvalue weighted by Gasteiger charge is 2.28. The monoisotopic (exact) mass is 340 g/mol. The molecule has 0 unspecified atom stereocenters. The molecular weight excluding hydrogens is 324 g/mol. The van der Waals surface area contributed by atoms with Crippen LogP contribution in [-0.2, 0) is 22.4 Å². The first kappa shape index (κ1) is 15.0. The molecule has 0 saturated carbocycles. The number of ketones is 1. The van der Waals surface area contributed by atoms with Gasteiger partial charge in [-0.2, -0.15) is 0 Å². The molecule has 0 aliphatic heterocycles. The fourth-order valence-corrected chi connectivity index (χ4v) is 3.05. The molecule has 4 nitrogen and oxygen atoms in total. The van der Waals surface area contributed by atoms with Crippen LogP contribution in [0.5, 0.6) is 5.75 Å². The number of Topliss-reactive ketones (excluding diaryl/α,β-unsaturated/α-hetero) is 1. The molecule has 0 fully saturated rings. The van der Waals surface area contributed by atoms with E-state index >= 15 is 0 Å². The van der Waals surface area contributed by atoms with Crippen molar-refractivity contribution in [3.63, 3.8) is 0 Å². The molecule has 20 heavy (non-hydrogen) atoms. The van der Waals surface area contributed by atoms with Crippen LogP contribution in [0.15, 0.2) is 10.5 Å². The third-order valence-corrected chi connectivity index (χ3v) is 4.12. The Morgan fingerprint density at radius 1 is 1.30 bits per heavy atom. The number of rotatable bonds is 3. The van der Waals surface area contributed by atoms with Crippen LogP contribution in [0.25, 0.3) is 0 Å². The van der Waals surface area contributed by atoms with Gasteiger partial charge in [-0.25, -0.2) is 4.79 Å². The molecule has 0 bridgehead atoms. The van der Waals surface area contributed by atoms with Crippen molar-refractivity contribution in [2.24, 2.45) is 0 Å². The van der Waals surface area contributed by atoms with Gasteiger partial charge in [-0.3, -0.25) is 4.79 Å². The Morgan fingerprint density at radius 3 is 2.70 bits per heavy atom. The van der Waals surface area contributed by atoms with E-state index in [0.29, 0.717) is 10.9 Å². The van der Waals surface area contributed by atoms with Gasteiger partial charge >= 0.3 is 5.97 Å². The molecule has 0 atom stereocenters. The molecule has 108 valence electrons. The third kappa shape index (κ3) is 2.87. The Bertz CT molecular complexity index is 551. The van der Waals surface area contributed by atoms with E-state index in [4.69, 9.17) is 4.74 Å². The van der Waals surface area contributed by atoms with Gasteiger partial charge in [-0.05, 0) is 65.7 Å². The smallest absolute Gasteiger partial charge is 0.379 e. The lowest BCUT2D eigenvalue weighted by atomic mass is 9.93. The summed E-state index contributed by atoms with van der Waals surface area (Å²) in [5.74, 6) is -1.83. The van der Waals surface area contributed by atoms with Crippen LogP contribution >= 0.6 is 15.9 Å². The Balaban J connectivity index is 2.53. The van der Waals surface area contributed by atoms with Gasteiger partial charge in [0, 0.05) is 0 Å². The number of halogens is 1. The van der Waals surface area contributed by atoms with Crippen molar-refractivity contribution in [1.29, 1.82) is 0 Å². The summed E-state index contributed by atoms with van der Waals surface area (Å²) in [4.78, 5) is 23.9. The second-order valence-corrected chi connectivity index (χ2v) is 5.68. The maximum absolute atomic E-state index is 12.2. The summed E-state index contributed by atoms with van der Waals surface area (Å²) in [6.07, 6.45) is 4.66. The molecule has 1 N–H and O–H groups in total. The number of benzene rings is 1. The molecule has 1 aliphatic rings. The fraction of sp³-hybridized carbons (Fsp3) is 0.467. The predicted octanol–water partition coefficient (Wildman–Crippen LogP) is 3.17. The number of ether oxygens (including phenoxy) is 1. The molecular formula is C15H17BrO4. The molecule has 0 spiro atoms. The van der Waals surface area contributed by atoms with Crippen LogP contribution in [-0.4, -0.2) is 23.5 Å². The van der Waals surface area contributed by atoms with Gasteiger partial charge in [0.25, 0.3) is 5.78 Å². The normalized spacial score (nSPS) is 14.3. The largest absolute Gasteiger partial charge is 0.506 e. The molecule has 1 aliphatic carbocycles. The van der Waals surface area contributed by atoms with E-state index in [-0.39, 0.29) is 17.9 Å². The number of esters is 1. The van der Waals surface area contributed by atoms with Gasteiger partial charge in [0.05, 0.1) is 16.6 Å². The molecule has 0 radical (unpaired) electrons. The molecule has 2 rings (SSSR count). The highest BCUT2D eigenvalue weighted by molar-refractivity contribution is 9.10. The Hall–Kier alpha value is -1.36. The van der Waals surface area contributed by atoms with Crippen LogP contribution < -0.4 is 0 Å². The van der Waals surface area contributed by atoms with Crippen LogP contribution in [0.1, 0.15) is 47.7 Å². The van der Waals surface area contributed by atoms with E-state index in [1.165, 1.54) is 0 Å². The van der Waals surface area contributed by atoms with Crippen molar-refractivity contribution >= 4 is 27.7 Å². The van der Waals surface area contributed by atoms with Gasteiger partial charge in [0.2, 0.25) is 0 Å². The van der Waals surface area contributed by atoms with Crippen molar-refractivity contribution in [1.82, 2.24) is 0 Å². The minimum Gasteiger partial charge on any atom is -0.506 e. The zero-order chi connectivity index (χ0) is 14.7. The van der Waals surface area contributed by atoms with Gasteiger partial charge in [0.15, 0.2) is 0 Å². The quantitative estimate of drug-likeness (QED) is 0.397. The second-order valence-electron chi connectivity index (χ2n) is 4.83. The average molecular weight is 341 g/mol. The molecule has 0 aromatic heterocycles. The third-order valence-electron chi connectivity index (χ3n) is 3.51. The van der Waals surface area contributed by atoms with Crippen LogP contribution in [0.4, 0.5) is 0 Å². The average Bonchev–Trinajstić information content (AvgIpc) is 2.65. The highest BCUT2D eigenvalue weighted by Crippen LogP contribution is 2.36. The summed E-state index contributed by atoms with van der Waals surface area (Å²) in [5, 5.41) is 10.2. The van der Waals surface area contributed by atoms with E-state index in [1.807, 2.05) is 6.07 Å². The number of carbonyl (C=O) groups excluding carboxylic acids is 2. The SMILES string of the molecule is CCOC(=O)C(=O)c1c(O)c(Br)cc2c1CCCCC2. The lowest BCUT2D eigenvalue weighted by Gasteiger charge is -2.14. The summed E-state index contributed by atoms with van der Waals surface area (Å²) < 4.78 is 5.21. The summed E-state index contributed by atoms with van der Waals surface area (Å²) >= 11 is 3.25. The van der Waals surface area contributed by atoms with Crippen molar-refractivity contribution < 1.29 is 19.4 Å². The van der Waals surface area contributed by atoms with Gasteiger partial charge in [-0.1, -0.05) is 6.42 Å². The molecule has 1 aromatic carbocycles. The minimum absolute atomic E-state index is 0.106. The van der Waals surface area contributed by atoms with Gasteiger partial charge in [0.1, 0.15) is 5.75 Å². The summed E-state index contributed by atoms with van der Waals surface area (Å²) in [7, 11) is 0. The lowest BCUT2D eigenvalue weighted by Crippen LogP contribution is -2.20. The van der Waals surface area contributed by atoms with Crippen LogP contribution in [0.2, 0.25) is 0 Å². The number of carbonyl (C=O) groups is 2. The van der Waals surface area contributed by atoms with Gasteiger partial charge in [-0.15, -0.1) is 0 Å². The Morgan fingerprint density at radius 2 is 2.00 bits per heavy atom. The number of phenolic OH excluding ortho intramolecular Hbond substituents is 1. The maximum atomic E-state index is 12.2. The lowest BCUT2D eigenvalue weighted by molar-refractivity contribution is -0.137. The standard InChI is InChI=1S/C15H17BrO4/c1-2-20-15(19)14(18)12-10-7-5-3-4-6-9(10)8-11(16)13(12)17/h8,17H,2-7H2,1H3. The van der Waals surface area contributed by atoms with E-state index in [1.54, 1.807) is 6.92 Å². The number of fused-ring (bicyclic) bond motifs is 1. The van der Waals surface area contributed by atoms with Crippen molar-refractivity contribution in [2.45, 2.75) is 39.0 Å². The summed E-state index contributed by atoms with van der Waals surface area (Å²) in [6.45, 7) is 1.79. The Labute approximate surface area is 126 Å². The molecule has 0 saturated heterocycles. The van der Waals surface area contributed by atoms with Crippen LogP contribution in [0, 0.1) is 0 Å². The summed E-state index contributed by atoms with van der Waals surface area (Å²) in [6, 6.07) is 1.85. The zero-order valence-corrected chi connectivity index (χ0v) is 13.0. The highest BCUT2D eigenvalue weighted by atomic mass is 79.9. The fourth-order valence-electron chi connectivity index (χ4n) is 2.58. The zero-order valence-electron chi connectivity index (χ0n) is 11.4. The first-order valence-corrected chi connectivity index (χ1v) is 7.60. The molecule has 0 heterocycles. The molecule has 5 heteroatoms. The van der Waals surface area contributed by atoms with Crippen molar-refractivity contribution in [3.8, 4) is 5.75 Å². The van der Waals surface area contributed by atoms with E-state index < -0.39 is 11.8 Å². The van der Waals surface area contributed by atoms with E-state index in [2.05, 4.69) is 15.9 Å². The number of aryl methyl sites for hydroxylation is 1. The number of hydrogen-bond acceptors (Lipinski definition) is 4. The molecule has 1 aromatic rings. The minimum atomic E-state index is -0.910. The number of hydrogen-bond donors (Lipinski definition) is 1. The van der Waals surface area contributed by atoms with Crippen LogP contribution in [0.3, 0.4) is 0 Å². The van der Waals surface area contributed by atoms with Gasteiger partial charge < -0.3 is 9.84 Å². The van der Waals surface area contributed by atoms with E-state index in [9.17, 15) is 14.7 Å². The molecule has 0 amide bonds. The predicted molar refractivity (Wildman–Crippen MR) is 78.0 cm³/mol. The number of aromatic hydroxyl groups is 1. The second kappa shape index (κ2) is 6.39. The Kier molecular flexibility index (Phi) is 4.81. The topological polar surface area (TPSA) is 63.6 Å².